The van der Waals surface area contributed by atoms with Gasteiger partial charge in [0, 0.05) is 43.2 Å². The minimum absolute atomic E-state index is 0.0417. The first-order valence-electron chi connectivity index (χ1n) is 7.78. The smallest absolute Gasteiger partial charge is 0.251 e. The van der Waals surface area contributed by atoms with E-state index in [1.54, 1.807) is 17.9 Å². The van der Waals surface area contributed by atoms with Gasteiger partial charge in [-0.1, -0.05) is 0 Å². The van der Waals surface area contributed by atoms with E-state index in [-0.39, 0.29) is 11.8 Å². The Morgan fingerprint density at radius 3 is 2.65 bits per heavy atom. The highest BCUT2D eigenvalue weighted by Crippen LogP contribution is 2.28. The number of carbonyl (C=O) groups excluding carboxylic acids is 2. The largest absolute Gasteiger partial charge is 0.350 e. The first kappa shape index (κ1) is 15.3. The first-order chi connectivity index (χ1) is 11.0. The molecule has 23 heavy (non-hydrogen) atoms. The molecule has 0 radical (unpaired) electrons. The van der Waals surface area contributed by atoms with Crippen LogP contribution in [0.5, 0.6) is 0 Å². The number of anilines is 1. The Morgan fingerprint density at radius 2 is 2.00 bits per heavy atom. The Balaban J connectivity index is 1.71. The molecule has 1 aromatic heterocycles. The molecule has 0 bridgehead atoms. The number of hydrogen-bond donors (Lipinski definition) is 1. The minimum Gasteiger partial charge on any atom is -0.350 e. The zero-order valence-electron chi connectivity index (χ0n) is 13.7. The Hall–Kier alpha value is -2.56. The molecule has 0 aliphatic carbocycles. The topological polar surface area (TPSA) is 54.3 Å². The van der Waals surface area contributed by atoms with E-state index < -0.39 is 0 Å². The molecule has 1 aliphatic heterocycles. The molecule has 120 valence electrons. The van der Waals surface area contributed by atoms with Crippen molar-refractivity contribution >= 4 is 17.5 Å². The number of rotatable bonds is 3. The summed E-state index contributed by atoms with van der Waals surface area (Å²) in [5.74, 6) is -0.0482. The summed E-state index contributed by atoms with van der Waals surface area (Å²) >= 11 is 0. The molecule has 2 aromatic rings. The lowest BCUT2D eigenvalue weighted by molar-refractivity contribution is -0.116. The Bertz CT molecular complexity index is 777. The Kier molecular flexibility index (Phi) is 3.94. The fraction of sp³-hybridized carbons (Fsp3) is 0.333. The monoisotopic (exact) mass is 311 g/mol. The van der Waals surface area contributed by atoms with E-state index in [2.05, 4.69) is 9.88 Å². The van der Waals surface area contributed by atoms with Gasteiger partial charge in [0.25, 0.3) is 5.91 Å². The number of amides is 2. The number of aromatic nitrogens is 1. The third kappa shape index (κ3) is 2.86. The van der Waals surface area contributed by atoms with Gasteiger partial charge in [-0.3, -0.25) is 9.59 Å². The molecule has 0 saturated heterocycles. The molecule has 2 amide bonds. The van der Waals surface area contributed by atoms with Crippen molar-refractivity contribution < 1.29 is 9.59 Å². The van der Waals surface area contributed by atoms with Crippen molar-refractivity contribution in [2.45, 2.75) is 26.8 Å². The van der Waals surface area contributed by atoms with E-state index in [9.17, 15) is 9.59 Å². The summed E-state index contributed by atoms with van der Waals surface area (Å²) in [6, 6.07) is 9.59. The summed E-state index contributed by atoms with van der Waals surface area (Å²) in [5.41, 5.74) is 4.85. The van der Waals surface area contributed by atoms with Gasteiger partial charge in [0.2, 0.25) is 5.91 Å². The number of benzene rings is 1. The minimum atomic E-state index is -0.0899. The summed E-state index contributed by atoms with van der Waals surface area (Å²) in [6.07, 6.45) is 0.799. The standard InChI is InChI=1S/C18H21N3O2/c1-12-4-6-16(20(12)3)11-19-18(23)15-5-7-17-14(10-15)8-9-21(17)13(2)22/h4-7,10H,8-9,11H2,1-3H3,(H,19,23). The van der Waals surface area contributed by atoms with Gasteiger partial charge in [-0.15, -0.1) is 0 Å². The summed E-state index contributed by atoms with van der Waals surface area (Å²) in [5, 5.41) is 2.95. The Morgan fingerprint density at radius 1 is 1.22 bits per heavy atom. The molecule has 0 saturated carbocycles. The fourth-order valence-electron chi connectivity index (χ4n) is 2.99. The number of aryl methyl sites for hydroxylation is 1. The molecular weight excluding hydrogens is 290 g/mol. The number of nitrogens with zero attached hydrogens (tertiary/aromatic N) is 2. The van der Waals surface area contributed by atoms with Crippen molar-refractivity contribution in [1.29, 1.82) is 0 Å². The van der Waals surface area contributed by atoms with E-state index in [0.29, 0.717) is 18.7 Å². The molecular formula is C18H21N3O2. The van der Waals surface area contributed by atoms with Crippen LogP contribution in [-0.2, 0) is 24.8 Å². The molecule has 1 aromatic carbocycles. The highest BCUT2D eigenvalue weighted by Gasteiger charge is 2.23. The highest BCUT2D eigenvalue weighted by atomic mass is 16.2. The van der Waals surface area contributed by atoms with Gasteiger partial charge in [-0.2, -0.15) is 0 Å². The van der Waals surface area contributed by atoms with Gasteiger partial charge in [0.05, 0.1) is 6.54 Å². The normalized spacial score (nSPS) is 13.1. The molecule has 0 fully saturated rings. The SMILES string of the molecule is CC(=O)N1CCc2cc(C(=O)NCc3ccc(C)n3C)ccc21. The van der Waals surface area contributed by atoms with Gasteiger partial charge in [0.15, 0.2) is 0 Å². The summed E-state index contributed by atoms with van der Waals surface area (Å²) in [6.45, 7) is 4.79. The predicted molar refractivity (Wildman–Crippen MR) is 89.5 cm³/mol. The van der Waals surface area contributed by atoms with Gasteiger partial charge in [-0.05, 0) is 49.2 Å². The molecule has 1 N–H and O–H groups in total. The number of carbonyl (C=O) groups is 2. The van der Waals surface area contributed by atoms with Crippen molar-refractivity contribution in [3.8, 4) is 0 Å². The van der Waals surface area contributed by atoms with E-state index in [4.69, 9.17) is 0 Å². The number of fused-ring (bicyclic) bond motifs is 1. The second-order valence-corrected chi connectivity index (χ2v) is 5.97. The molecule has 0 atom stereocenters. The maximum absolute atomic E-state index is 12.4. The fourth-order valence-corrected chi connectivity index (χ4v) is 2.99. The van der Waals surface area contributed by atoms with Crippen molar-refractivity contribution in [3.63, 3.8) is 0 Å². The third-order valence-corrected chi connectivity index (χ3v) is 4.52. The van der Waals surface area contributed by atoms with Crippen LogP contribution in [0.4, 0.5) is 5.69 Å². The van der Waals surface area contributed by atoms with Crippen molar-refractivity contribution in [3.05, 3.63) is 52.8 Å². The van der Waals surface area contributed by atoms with Crippen LogP contribution in [0, 0.1) is 6.92 Å². The molecule has 5 nitrogen and oxygen atoms in total. The molecule has 0 unspecified atom stereocenters. The van der Waals surface area contributed by atoms with Crippen LogP contribution in [0.3, 0.4) is 0 Å². The van der Waals surface area contributed by atoms with Gasteiger partial charge < -0.3 is 14.8 Å². The summed E-state index contributed by atoms with van der Waals surface area (Å²) < 4.78 is 2.06. The lowest BCUT2D eigenvalue weighted by Crippen LogP contribution is -2.26. The van der Waals surface area contributed by atoms with E-state index in [1.807, 2.05) is 38.2 Å². The third-order valence-electron chi connectivity index (χ3n) is 4.52. The van der Waals surface area contributed by atoms with Gasteiger partial charge >= 0.3 is 0 Å². The van der Waals surface area contributed by atoms with E-state index >= 15 is 0 Å². The summed E-state index contributed by atoms with van der Waals surface area (Å²) in [7, 11) is 1.99. The molecule has 3 rings (SSSR count). The quantitative estimate of drug-likeness (QED) is 0.944. The maximum atomic E-state index is 12.4. The molecule has 0 spiro atoms. The lowest BCUT2D eigenvalue weighted by Gasteiger charge is -2.15. The molecule has 5 heteroatoms. The van der Waals surface area contributed by atoms with Crippen molar-refractivity contribution in [1.82, 2.24) is 9.88 Å². The van der Waals surface area contributed by atoms with Crippen LogP contribution in [-0.4, -0.2) is 22.9 Å². The maximum Gasteiger partial charge on any atom is 0.251 e. The predicted octanol–water partition coefficient (Wildman–Crippen LogP) is 2.17. The second-order valence-electron chi connectivity index (χ2n) is 5.97. The first-order valence-corrected chi connectivity index (χ1v) is 7.78. The zero-order chi connectivity index (χ0) is 16.6. The van der Waals surface area contributed by atoms with Crippen molar-refractivity contribution in [2.24, 2.45) is 7.05 Å². The van der Waals surface area contributed by atoms with Crippen LogP contribution in [0.2, 0.25) is 0 Å². The lowest BCUT2D eigenvalue weighted by atomic mass is 10.1. The van der Waals surface area contributed by atoms with Crippen molar-refractivity contribution in [2.75, 3.05) is 11.4 Å². The van der Waals surface area contributed by atoms with Gasteiger partial charge in [0.1, 0.15) is 0 Å². The van der Waals surface area contributed by atoms with Crippen LogP contribution < -0.4 is 10.2 Å². The van der Waals surface area contributed by atoms with Crippen LogP contribution in [0.1, 0.15) is 34.2 Å². The van der Waals surface area contributed by atoms with E-state index in [1.165, 1.54) is 0 Å². The number of hydrogen-bond acceptors (Lipinski definition) is 2. The highest BCUT2D eigenvalue weighted by molar-refractivity contribution is 5.97. The average molecular weight is 311 g/mol. The summed E-state index contributed by atoms with van der Waals surface area (Å²) in [4.78, 5) is 25.7. The second kappa shape index (κ2) is 5.91. The average Bonchev–Trinajstić information content (AvgIpc) is 3.09. The zero-order valence-corrected chi connectivity index (χ0v) is 13.7. The number of nitrogens with one attached hydrogen (secondary N) is 1. The molecule has 2 heterocycles. The molecule has 1 aliphatic rings. The van der Waals surface area contributed by atoms with Crippen LogP contribution in [0.25, 0.3) is 0 Å². The van der Waals surface area contributed by atoms with E-state index in [0.717, 1.165) is 29.1 Å². The van der Waals surface area contributed by atoms with Crippen LogP contribution in [0.15, 0.2) is 30.3 Å². The van der Waals surface area contributed by atoms with Crippen LogP contribution >= 0.6 is 0 Å². The Labute approximate surface area is 135 Å². The van der Waals surface area contributed by atoms with Gasteiger partial charge in [-0.25, -0.2) is 0 Å².